The van der Waals surface area contributed by atoms with E-state index in [0.717, 1.165) is 47.8 Å². The summed E-state index contributed by atoms with van der Waals surface area (Å²) in [6.45, 7) is 18.9. The van der Waals surface area contributed by atoms with Gasteiger partial charge in [0.2, 0.25) is 0 Å². The predicted octanol–water partition coefficient (Wildman–Crippen LogP) is 12.1. The van der Waals surface area contributed by atoms with Gasteiger partial charge in [-0.3, -0.25) is 4.79 Å². The van der Waals surface area contributed by atoms with Gasteiger partial charge in [0.05, 0.1) is 0 Å². The van der Waals surface area contributed by atoms with E-state index in [4.69, 9.17) is 9.97 Å². The molecule has 5 rings (SSSR count). The van der Waals surface area contributed by atoms with Gasteiger partial charge in [0, 0.05) is 37.0 Å². The topological polar surface area (TPSA) is 63.1 Å². The molecule has 0 unspecified atom stereocenters. The maximum Gasteiger partial charge on any atom is 0 e. The molecule has 2 heterocycles. The molecule has 0 aliphatic rings. The van der Waals surface area contributed by atoms with E-state index in [1.54, 1.807) is 10.7 Å². The number of hydrogen-bond acceptors (Lipinski definition) is 5. The minimum absolute atomic E-state index is 0. The van der Waals surface area contributed by atoms with Crippen LogP contribution >= 0.6 is 11.3 Å². The van der Waals surface area contributed by atoms with Gasteiger partial charge in [0.25, 0.3) is 0 Å². The van der Waals surface area contributed by atoms with Gasteiger partial charge in [0.1, 0.15) is 5.76 Å². The van der Waals surface area contributed by atoms with Crippen molar-refractivity contribution < 1.29 is 30.0 Å². The van der Waals surface area contributed by atoms with Crippen LogP contribution in [0.2, 0.25) is 17.3 Å². The van der Waals surface area contributed by atoms with E-state index in [0.29, 0.717) is 5.92 Å². The van der Waals surface area contributed by atoms with Crippen molar-refractivity contribution in [2.24, 2.45) is 10.8 Å². The van der Waals surface area contributed by atoms with Crippen molar-refractivity contribution >= 4 is 65.9 Å². The first-order valence-electron chi connectivity index (χ1n) is 17.6. The van der Waals surface area contributed by atoms with Gasteiger partial charge in [0.15, 0.2) is 5.78 Å². The van der Waals surface area contributed by atoms with Crippen LogP contribution in [0.4, 0.5) is 0 Å². The van der Waals surface area contributed by atoms with E-state index < -0.39 is 13.3 Å². The molecule has 265 valence electrons. The normalized spacial score (nSPS) is 12.7. The van der Waals surface area contributed by atoms with E-state index in [1.165, 1.54) is 37.4 Å². The molecule has 0 bridgehead atoms. The molecule has 0 amide bonds. The zero-order valence-corrected chi connectivity index (χ0v) is 36.9. The Morgan fingerprint density at radius 1 is 0.918 bits per heavy atom. The molecule has 1 N–H and O–H groups in total. The molecule has 0 aliphatic heterocycles. The van der Waals surface area contributed by atoms with Gasteiger partial charge in [-0.05, 0) is 25.7 Å². The number of aliphatic hydroxyl groups excluding tert-OH is 1. The quantitative estimate of drug-likeness (QED) is 0.0656. The summed E-state index contributed by atoms with van der Waals surface area (Å²) in [5.41, 5.74) is 5.30. The first-order chi connectivity index (χ1) is 22.5. The average molecular weight is 917 g/mol. The van der Waals surface area contributed by atoms with E-state index in [1.807, 2.05) is 52.9 Å². The van der Waals surface area contributed by atoms with Crippen LogP contribution in [0.15, 0.2) is 60.6 Å². The van der Waals surface area contributed by atoms with E-state index in [2.05, 4.69) is 86.6 Å². The van der Waals surface area contributed by atoms with Crippen LogP contribution in [0.5, 0.6) is 0 Å². The van der Waals surface area contributed by atoms with Gasteiger partial charge < -0.3 is 5.11 Å². The molecule has 4 nitrogen and oxygen atoms in total. The number of allylic oxidation sites excluding steroid dienone is 2. The summed E-state index contributed by atoms with van der Waals surface area (Å²) in [4.78, 5) is 21.6. The average Bonchev–Trinajstić information content (AvgIpc) is 3.46. The first-order valence-corrected chi connectivity index (χ1v) is 25.8. The van der Waals surface area contributed by atoms with Crippen molar-refractivity contribution in [2.45, 2.75) is 111 Å². The summed E-state index contributed by atoms with van der Waals surface area (Å²) in [5, 5.41) is 13.8. The number of carbonyl (C=O) groups excluding carboxylic acids is 1. The van der Waals surface area contributed by atoms with Crippen LogP contribution < -0.4 is 4.40 Å². The Balaban J connectivity index is 0.000000312. The molecule has 2 aromatic heterocycles. The van der Waals surface area contributed by atoms with Crippen molar-refractivity contribution in [1.29, 1.82) is 0 Å². The molecule has 0 saturated carbocycles. The number of thiophene rings is 1. The number of carbonyl (C=O) groups is 1. The van der Waals surface area contributed by atoms with Crippen LogP contribution in [0.1, 0.15) is 98.1 Å². The molecule has 0 atom stereocenters. The van der Waals surface area contributed by atoms with Crippen molar-refractivity contribution in [1.82, 2.24) is 9.97 Å². The maximum atomic E-state index is 12.2. The van der Waals surface area contributed by atoms with Crippen molar-refractivity contribution in [3.8, 4) is 11.3 Å². The predicted molar refractivity (Wildman–Crippen MR) is 212 cm³/mol. The molecule has 3 aromatic carbocycles. The Morgan fingerprint density at radius 2 is 1.53 bits per heavy atom. The molecule has 0 spiro atoms. The fraction of sp³-hybridized carbons (Fsp3) is 0.452. The van der Waals surface area contributed by atoms with E-state index in [9.17, 15) is 9.90 Å². The van der Waals surface area contributed by atoms with Gasteiger partial charge in [-0.25, -0.2) is 0 Å². The van der Waals surface area contributed by atoms with Gasteiger partial charge >= 0.3 is 191 Å². The van der Waals surface area contributed by atoms with Gasteiger partial charge in [-0.15, -0.1) is 0 Å². The fourth-order valence-corrected chi connectivity index (χ4v) is 11.6. The molecule has 0 fully saturated rings. The minimum Gasteiger partial charge on any atom is 0 e. The monoisotopic (exact) mass is 918 g/mol. The van der Waals surface area contributed by atoms with Crippen molar-refractivity contribution in [3.05, 3.63) is 77.8 Å². The van der Waals surface area contributed by atoms with E-state index in [-0.39, 0.29) is 42.5 Å². The van der Waals surface area contributed by atoms with Gasteiger partial charge in [-0.2, -0.15) is 0 Å². The maximum absolute atomic E-state index is 12.2. The molecule has 0 saturated heterocycles. The van der Waals surface area contributed by atoms with Crippen LogP contribution in [-0.4, -0.2) is 34.1 Å². The third-order valence-electron chi connectivity index (χ3n) is 10.8. The summed E-state index contributed by atoms with van der Waals surface area (Å²) >= 11 is -0.0951. The minimum atomic E-state index is -1.94. The van der Waals surface area contributed by atoms with Gasteiger partial charge in [-0.1, -0.05) is 41.5 Å². The summed E-state index contributed by atoms with van der Waals surface area (Å²) in [5.74, 6) is 8.11. The van der Waals surface area contributed by atoms with Crippen molar-refractivity contribution in [3.63, 3.8) is 0 Å². The number of hydrogen-bond donors (Lipinski definition) is 1. The third-order valence-corrected chi connectivity index (χ3v) is 16.6. The summed E-state index contributed by atoms with van der Waals surface area (Å²) in [7, 11) is 0. The second-order valence-corrected chi connectivity index (χ2v) is 26.7. The second-order valence-electron chi connectivity index (χ2n) is 15.1. The Kier molecular flexibility index (Phi) is 13.7. The molecule has 49 heavy (non-hydrogen) atoms. The summed E-state index contributed by atoms with van der Waals surface area (Å²) in [6.07, 6.45) is 6.47. The summed E-state index contributed by atoms with van der Waals surface area (Å²) < 4.78 is 4.10. The van der Waals surface area contributed by atoms with Crippen LogP contribution in [0.25, 0.3) is 42.3 Å². The molecule has 1 radical (unpaired) electrons. The molecule has 5 aromatic rings. The zero-order chi connectivity index (χ0) is 35.6. The third kappa shape index (κ3) is 8.41. The number of aliphatic hydroxyl groups is 1. The summed E-state index contributed by atoms with van der Waals surface area (Å²) in [6, 6.07) is 19.1. The largest absolute Gasteiger partial charge is 0 e. The standard InChI is InChI=1S/C27H27GeN2S.C15H28O2.Ir/c1-16(2)22-14-19(13-18-9-7-8-10-20(18)22)24-27-25(30-15-29-24)21-11-12-23(28(4,5)6)17(3)26(21)31-27;1-7-14(5,8-2)12(16)11-13(17)15(6,9-3)10-4;/h7-12,14-16H,1-6H3;11,16H,7-10H2,1-6H3;/q-1;;/b;12-11-;. The molecular weight excluding hydrogens is 861 g/mol. The second kappa shape index (κ2) is 16.3. The number of ketones is 1. The number of aryl methyl sites for hydroxylation is 1. The fourth-order valence-electron chi connectivity index (χ4n) is 6.33. The molecular formula is C42H55GeIrN2O2S-. The molecule has 7 heteroatoms. The SMILES string of the molecule is CCC(C)(CC)C(=O)/C=C(\O)C(C)(CC)CC.Cc1[c]([Ge]([CH3])([CH3])[CH3])ccc2c1sc1c(-c3[c-]c4ccccc4c(C(C)C)c3)ncnc12.[Ir]. The number of fused-ring (bicyclic) bond motifs is 4. The van der Waals surface area contributed by atoms with Crippen LogP contribution in [0, 0.1) is 23.8 Å². The van der Waals surface area contributed by atoms with Crippen molar-refractivity contribution in [2.75, 3.05) is 0 Å². The number of nitrogens with zero attached hydrogens (tertiary/aromatic N) is 2. The van der Waals surface area contributed by atoms with Crippen LogP contribution in [0.3, 0.4) is 0 Å². The number of aromatic nitrogens is 2. The van der Waals surface area contributed by atoms with Crippen LogP contribution in [-0.2, 0) is 24.9 Å². The Bertz CT molecular complexity index is 1960. The Morgan fingerprint density at radius 3 is 2.10 bits per heavy atom. The molecule has 0 aliphatic carbocycles. The van der Waals surface area contributed by atoms with E-state index >= 15 is 0 Å². The number of rotatable bonds is 10. The Labute approximate surface area is 314 Å². The first kappa shape index (κ1) is 41.0. The Hall–Kier alpha value is -2.38. The smallest absolute Gasteiger partial charge is 0 e. The zero-order valence-electron chi connectivity index (χ0n) is 31.6. The number of benzene rings is 3.